The fraction of sp³-hybridized carbons (Fsp3) is 0.833. The molecule has 0 unspecified atom stereocenters. The standard InChI is InChI=1S/C12H19NO5/c1-11(2)6(13-10(15)16-5)9(14)17-7(11)8-12(3,4)18-8/h6-8H,1-5H3,(H,13,15)/t6-,7+,8+/m0/s1. The van der Waals surface area contributed by atoms with Crippen molar-refractivity contribution in [3.05, 3.63) is 0 Å². The molecule has 0 bridgehead atoms. The first kappa shape index (κ1) is 13.1. The molecule has 102 valence electrons. The van der Waals surface area contributed by atoms with Crippen LogP contribution in [0.25, 0.3) is 0 Å². The summed E-state index contributed by atoms with van der Waals surface area (Å²) in [6.07, 6.45) is -1.12. The third-order valence-electron chi connectivity index (χ3n) is 3.74. The highest BCUT2D eigenvalue weighted by Gasteiger charge is 2.64. The summed E-state index contributed by atoms with van der Waals surface area (Å²) in [4.78, 5) is 23.1. The van der Waals surface area contributed by atoms with Gasteiger partial charge in [-0.05, 0) is 13.8 Å². The highest BCUT2D eigenvalue weighted by molar-refractivity contribution is 5.84. The molecular weight excluding hydrogens is 238 g/mol. The Morgan fingerprint density at radius 3 is 2.28 bits per heavy atom. The van der Waals surface area contributed by atoms with Gasteiger partial charge in [-0.3, -0.25) is 0 Å². The van der Waals surface area contributed by atoms with Crippen LogP contribution in [0.5, 0.6) is 0 Å². The molecule has 2 aliphatic heterocycles. The lowest BCUT2D eigenvalue weighted by molar-refractivity contribution is -0.143. The molecule has 18 heavy (non-hydrogen) atoms. The zero-order valence-electron chi connectivity index (χ0n) is 11.3. The van der Waals surface area contributed by atoms with Crippen LogP contribution in [-0.4, -0.2) is 43.0 Å². The Balaban J connectivity index is 2.14. The summed E-state index contributed by atoms with van der Waals surface area (Å²) in [7, 11) is 1.26. The number of hydrogen-bond donors (Lipinski definition) is 1. The van der Waals surface area contributed by atoms with Gasteiger partial charge in [0.05, 0.1) is 12.7 Å². The van der Waals surface area contributed by atoms with Crippen molar-refractivity contribution in [3.63, 3.8) is 0 Å². The summed E-state index contributed by atoms with van der Waals surface area (Å²) in [6, 6.07) is -0.713. The highest BCUT2D eigenvalue weighted by Crippen LogP contribution is 2.48. The molecule has 0 aliphatic carbocycles. The number of hydrogen-bond acceptors (Lipinski definition) is 5. The number of esters is 1. The first-order valence-corrected chi connectivity index (χ1v) is 5.93. The van der Waals surface area contributed by atoms with Crippen molar-refractivity contribution in [2.45, 2.75) is 51.5 Å². The Bertz CT molecular complexity index is 390. The molecule has 6 heteroatoms. The Kier molecular flexibility index (Phi) is 2.81. The maximum absolute atomic E-state index is 11.8. The van der Waals surface area contributed by atoms with Gasteiger partial charge >= 0.3 is 12.1 Å². The van der Waals surface area contributed by atoms with Gasteiger partial charge in [-0.1, -0.05) is 13.8 Å². The molecule has 2 aliphatic rings. The van der Waals surface area contributed by atoms with Gasteiger partial charge in [-0.25, -0.2) is 9.59 Å². The Morgan fingerprint density at radius 2 is 1.83 bits per heavy atom. The number of carbonyl (C=O) groups excluding carboxylic acids is 2. The van der Waals surface area contributed by atoms with Crippen LogP contribution in [0.2, 0.25) is 0 Å². The van der Waals surface area contributed by atoms with E-state index in [1.807, 2.05) is 27.7 Å². The summed E-state index contributed by atoms with van der Waals surface area (Å²) >= 11 is 0. The second kappa shape index (κ2) is 3.85. The molecule has 2 heterocycles. The number of epoxide rings is 1. The molecule has 0 aromatic heterocycles. The van der Waals surface area contributed by atoms with Crippen molar-refractivity contribution < 1.29 is 23.8 Å². The first-order valence-electron chi connectivity index (χ1n) is 5.93. The minimum atomic E-state index is -0.713. The van der Waals surface area contributed by atoms with Gasteiger partial charge in [0, 0.05) is 5.41 Å². The second-order valence-electron chi connectivity index (χ2n) is 5.89. The van der Waals surface area contributed by atoms with E-state index < -0.39 is 23.5 Å². The van der Waals surface area contributed by atoms with Crippen molar-refractivity contribution in [1.29, 1.82) is 0 Å². The summed E-state index contributed by atoms with van der Waals surface area (Å²) in [5, 5.41) is 2.52. The van der Waals surface area contributed by atoms with E-state index in [0.717, 1.165) is 0 Å². The lowest BCUT2D eigenvalue weighted by atomic mass is 9.78. The van der Waals surface area contributed by atoms with Gasteiger partial charge in [0.25, 0.3) is 0 Å². The molecule has 1 N–H and O–H groups in total. The molecule has 2 rings (SSSR count). The number of nitrogens with one attached hydrogen (secondary N) is 1. The van der Waals surface area contributed by atoms with E-state index in [4.69, 9.17) is 9.47 Å². The molecule has 0 aromatic carbocycles. The van der Waals surface area contributed by atoms with E-state index in [-0.39, 0.29) is 17.8 Å². The lowest BCUT2D eigenvalue weighted by Crippen LogP contribution is -2.49. The van der Waals surface area contributed by atoms with Crippen molar-refractivity contribution >= 4 is 12.1 Å². The Hall–Kier alpha value is -1.30. The molecule has 0 radical (unpaired) electrons. The number of cyclic esters (lactones) is 1. The second-order valence-corrected chi connectivity index (χ2v) is 5.89. The average molecular weight is 257 g/mol. The van der Waals surface area contributed by atoms with E-state index in [1.54, 1.807) is 0 Å². The SMILES string of the molecule is COC(=O)N[C@H]1C(=O)O[C@H]([C@H]2OC2(C)C)C1(C)C. The van der Waals surface area contributed by atoms with Gasteiger partial charge in [0.15, 0.2) is 0 Å². The van der Waals surface area contributed by atoms with Crippen LogP contribution in [0.15, 0.2) is 0 Å². The number of ether oxygens (including phenoxy) is 3. The van der Waals surface area contributed by atoms with E-state index in [1.165, 1.54) is 7.11 Å². The van der Waals surface area contributed by atoms with E-state index >= 15 is 0 Å². The van der Waals surface area contributed by atoms with Gasteiger partial charge in [-0.15, -0.1) is 0 Å². The highest BCUT2D eigenvalue weighted by atomic mass is 16.6. The summed E-state index contributed by atoms with van der Waals surface area (Å²) in [5.74, 6) is -0.443. The molecule has 3 atom stereocenters. The van der Waals surface area contributed by atoms with E-state index in [9.17, 15) is 9.59 Å². The zero-order valence-corrected chi connectivity index (χ0v) is 11.3. The quantitative estimate of drug-likeness (QED) is 0.586. The molecule has 6 nitrogen and oxygen atoms in total. The topological polar surface area (TPSA) is 77.2 Å². The fourth-order valence-corrected chi connectivity index (χ4v) is 2.41. The minimum Gasteiger partial charge on any atom is -0.457 e. The smallest absolute Gasteiger partial charge is 0.407 e. The Morgan fingerprint density at radius 1 is 1.28 bits per heavy atom. The predicted octanol–water partition coefficient (Wildman–Crippen LogP) is 0.840. The third kappa shape index (κ3) is 1.94. The fourth-order valence-electron chi connectivity index (χ4n) is 2.41. The van der Waals surface area contributed by atoms with Crippen LogP contribution >= 0.6 is 0 Å². The van der Waals surface area contributed by atoms with Crippen LogP contribution in [-0.2, 0) is 19.0 Å². The van der Waals surface area contributed by atoms with Gasteiger partial charge in [-0.2, -0.15) is 0 Å². The van der Waals surface area contributed by atoms with Gasteiger partial charge in [0.1, 0.15) is 18.2 Å². The van der Waals surface area contributed by atoms with Crippen LogP contribution in [0, 0.1) is 5.41 Å². The number of alkyl carbamates (subject to hydrolysis) is 1. The molecule has 0 aromatic rings. The van der Waals surface area contributed by atoms with Crippen molar-refractivity contribution in [1.82, 2.24) is 5.32 Å². The normalized spacial score (nSPS) is 35.8. The van der Waals surface area contributed by atoms with Crippen molar-refractivity contribution in [2.24, 2.45) is 5.41 Å². The summed E-state index contributed by atoms with van der Waals surface area (Å²) in [5.41, 5.74) is -0.813. The van der Waals surface area contributed by atoms with Crippen LogP contribution < -0.4 is 5.32 Å². The number of rotatable bonds is 2. The third-order valence-corrected chi connectivity index (χ3v) is 3.74. The van der Waals surface area contributed by atoms with E-state index in [0.29, 0.717) is 0 Å². The predicted molar refractivity (Wildman–Crippen MR) is 61.9 cm³/mol. The molecule has 2 saturated heterocycles. The lowest BCUT2D eigenvalue weighted by Gasteiger charge is -2.27. The van der Waals surface area contributed by atoms with Gasteiger partial charge in [0.2, 0.25) is 0 Å². The van der Waals surface area contributed by atoms with Crippen LogP contribution in [0.4, 0.5) is 4.79 Å². The zero-order chi connectivity index (χ0) is 13.7. The molecular formula is C12H19NO5. The Labute approximate surface area is 106 Å². The number of methoxy groups -OCH3 is 1. The van der Waals surface area contributed by atoms with Crippen LogP contribution in [0.3, 0.4) is 0 Å². The molecule has 1 amide bonds. The van der Waals surface area contributed by atoms with E-state index in [2.05, 4.69) is 10.1 Å². The molecule has 0 spiro atoms. The largest absolute Gasteiger partial charge is 0.457 e. The monoisotopic (exact) mass is 257 g/mol. The molecule has 2 fully saturated rings. The van der Waals surface area contributed by atoms with Gasteiger partial charge < -0.3 is 19.5 Å². The molecule has 0 saturated carbocycles. The van der Waals surface area contributed by atoms with Crippen molar-refractivity contribution in [2.75, 3.05) is 7.11 Å². The average Bonchev–Trinajstić information content (AvgIpc) is 2.83. The van der Waals surface area contributed by atoms with Crippen molar-refractivity contribution in [3.8, 4) is 0 Å². The maximum Gasteiger partial charge on any atom is 0.407 e. The first-order chi connectivity index (χ1) is 8.20. The minimum absolute atomic E-state index is 0.124. The summed E-state index contributed by atoms with van der Waals surface area (Å²) < 4.78 is 15.4. The van der Waals surface area contributed by atoms with Crippen LogP contribution in [0.1, 0.15) is 27.7 Å². The number of amides is 1. The summed E-state index contributed by atoms with van der Waals surface area (Å²) in [6.45, 7) is 7.65. The number of carbonyl (C=O) groups is 2. The maximum atomic E-state index is 11.8.